The van der Waals surface area contributed by atoms with E-state index in [-0.39, 0.29) is 11.6 Å². The summed E-state index contributed by atoms with van der Waals surface area (Å²) < 4.78 is 5.62. The van der Waals surface area contributed by atoms with Crippen molar-refractivity contribution in [2.75, 3.05) is 11.9 Å². The van der Waals surface area contributed by atoms with E-state index in [9.17, 15) is 0 Å². The molecule has 1 fully saturated rings. The van der Waals surface area contributed by atoms with Gasteiger partial charge in [-0.15, -0.1) is 0 Å². The fourth-order valence-corrected chi connectivity index (χ4v) is 2.92. The lowest BCUT2D eigenvalue weighted by Gasteiger charge is -2.43. The topological polar surface area (TPSA) is 73.1 Å². The molecule has 20 heavy (non-hydrogen) atoms. The van der Waals surface area contributed by atoms with Gasteiger partial charge in [0, 0.05) is 12.6 Å². The highest BCUT2D eigenvalue weighted by molar-refractivity contribution is 5.41. The lowest BCUT2D eigenvalue weighted by atomic mass is 9.73. The summed E-state index contributed by atoms with van der Waals surface area (Å²) in [6, 6.07) is 1.86. The van der Waals surface area contributed by atoms with Crippen molar-refractivity contribution >= 4 is 5.82 Å². The molecule has 1 aliphatic rings. The van der Waals surface area contributed by atoms with Gasteiger partial charge >= 0.3 is 0 Å². The van der Waals surface area contributed by atoms with E-state index >= 15 is 0 Å². The maximum absolute atomic E-state index is 6.06. The van der Waals surface area contributed by atoms with Crippen LogP contribution < -0.4 is 15.8 Å². The molecule has 1 heterocycles. The summed E-state index contributed by atoms with van der Waals surface area (Å²) in [4.78, 5) is 8.45. The lowest BCUT2D eigenvalue weighted by Crippen LogP contribution is -2.52. The molecule has 1 aromatic rings. The Morgan fingerprint density at radius 2 is 2.25 bits per heavy atom. The van der Waals surface area contributed by atoms with Gasteiger partial charge in [0.25, 0.3) is 0 Å². The third kappa shape index (κ3) is 3.39. The number of hydrogen-bond donors (Lipinski definition) is 2. The predicted molar refractivity (Wildman–Crippen MR) is 80.8 cm³/mol. The molecule has 2 unspecified atom stereocenters. The van der Waals surface area contributed by atoms with E-state index in [0.717, 1.165) is 12.2 Å². The summed E-state index contributed by atoms with van der Waals surface area (Å²) in [5, 5.41) is 3.55. The molecule has 0 bridgehead atoms. The second kappa shape index (κ2) is 6.39. The van der Waals surface area contributed by atoms with Crippen molar-refractivity contribution in [2.45, 2.75) is 58.1 Å². The minimum atomic E-state index is -0.0539. The van der Waals surface area contributed by atoms with E-state index < -0.39 is 0 Å². The van der Waals surface area contributed by atoms with Gasteiger partial charge in [-0.05, 0) is 32.6 Å². The summed E-state index contributed by atoms with van der Waals surface area (Å²) in [7, 11) is 0. The smallest absolute Gasteiger partial charge is 0.218 e. The molecule has 1 saturated carbocycles. The highest BCUT2D eigenvalue weighted by atomic mass is 16.5. The number of hydrogen-bond acceptors (Lipinski definition) is 5. The number of nitrogens with one attached hydrogen (secondary N) is 1. The average Bonchev–Trinajstić information content (AvgIpc) is 2.41. The molecule has 5 nitrogen and oxygen atoms in total. The van der Waals surface area contributed by atoms with Crippen molar-refractivity contribution in [3.8, 4) is 5.88 Å². The number of nitrogens with zero attached hydrogens (tertiary/aromatic N) is 2. The Hall–Kier alpha value is -1.36. The van der Waals surface area contributed by atoms with Gasteiger partial charge in [0.2, 0.25) is 5.88 Å². The first-order valence-corrected chi connectivity index (χ1v) is 7.53. The number of nitrogens with two attached hydrogens (primary N) is 1. The Labute approximate surface area is 121 Å². The highest BCUT2D eigenvalue weighted by Crippen LogP contribution is 2.35. The lowest BCUT2D eigenvalue weighted by molar-refractivity contribution is 0.229. The van der Waals surface area contributed by atoms with Crippen molar-refractivity contribution < 1.29 is 4.74 Å². The van der Waals surface area contributed by atoms with Crippen LogP contribution >= 0.6 is 0 Å². The quantitative estimate of drug-likeness (QED) is 0.866. The third-order valence-corrected chi connectivity index (χ3v) is 4.19. The van der Waals surface area contributed by atoms with Crippen LogP contribution in [0.2, 0.25) is 0 Å². The van der Waals surface area contributed by atoms with Crippen LogP contribution in [0.4, 0.5) is 5.82 Å². The third-order valence-electron chi connectivity index (χ3n) is 4.19. The monoisotopic (exact) mass is 278 g/mol. The fourth-order valence-electron chi connectivity index (χ4n) is 2.92. The maximum Gasteiger partial charge on any atom is 0.218 e. The van der Waals surface area contributed by atoms with Crippen molar-refractivity contribution in [1.29, 1.82) is 0 Å². The van der Waals surface area contributed by atoms with Crippen molar-refractivity contribution in [3.05, 3.63) is 12.4 Å². The van der Waals surface area contributed by atoms with E-state index in [4.69, 9.17) is 10.5 Å². The normalized spacial score (nSPS) is 26.6. The Morgan fingerprint density at radius 3 is 2.90 bits per heavy atom. The fraction of sp³-hybridized carbons (Fsp3) is 0.733. The van der Waals surface area contributed by atoms with Crippen LogP contribution in [0.15, 0.2) is 12.4 Å². The Balaban J connectivity index is 2.14. The first kappa shape index (κ1) is 15.0. The van der Waals surface area contributed by atoms with Crippen molar-refractivity contribution in [1.82, 2.24) is 9.97 Å². The second-order valence-corrected chi connectivity index (χ2v) is 6.04. The highest BCUT2D eigenvalue weighted by Gasteiger charge is 2.37. The summed E-state index contributed by atoms with van der Waals surface area (Å²) in [5.41, 5.74) is 6.00. The number of anilines is 1. The van der Waals surface area contributed by atoms with E-state index in [1.807, 2.05) is 19.9 Å². The van der Waals surface area contributed by atoms with Crippen LogP contribution in [0, 0.1) is 5.92 Å². The van der Waals surface area contributed by atoms with Gasteiger partial charge in [0.05, 0.1) is 11.6 Å². The molecule has 5 heteroatoms. The van der Waals surface area contributed by atoms with Gasteiger partial charge in [-0.2, -0.15) is 0 Å². The van der Waals surface area contributed by atoms with Crippen LogP contribution in [-0.2, 0) is 0 Å². The minimum Gasteiger partial charge on any atom is -0.475 e. The van der Waals surface area contributed by atoms with Crippen LogP contribution in [0.25, 0.3) is 0 Å². The van der Waals surface area contributed by atoms with Crippen molar-refractivity contribution in [2.24, 2.45) is 11.7 Å². The van der Waals surface area contributed by atoms with E-state index in [2.05, 4.69) is 22.2 Å². The Kier molecular flexibility index (Phi) is 4.81. The van der Waals surface area contributed by atoms with Gasteiger partial charge in [-0.25, -0.2) is 9.97 Å². The first-order valence-electron chi connectivity index (χ1n) is 7.53. The average molecular weight is 278 g/mol. The van der Waals surface area contributed by atoms with Crippen LogP contribution in [-0.4, -0.2) is 28.2 Å². The van der Waals surface area contributed by atoms with E-state index in [0.29, 0.717) is 18.3 Å². The molecule has 0 aromatic carbocycles. The Morgan fingerprint density at radius 1 is 1.45 bits per heavy atom. The molecule has 1 aromatic heterocycles. The van der Waals surface area contributed by atoms with Gasteiger partial charge in [-0.3, -0.25) is 0 Å². The predicted octanol–water partition coefficient (Wildman–Crippen LogP) is 2.58. The van der Waals surface area contributed by atoms with Crippen LogP contribution in [0.3, 0.4) is 0 Å². The van der Waals surface area contributed by atoms with Gasteiger partial charge in [0.1, 0.15) is 12.1 Å². The molecule has 1 aliphatic carbocycles. The van der Waals surface area contributed by atoms with Gasteiger partial charge < -0.3 is 15.8 Å². The zero-order chi connectivity index (χ0) is 14.6. The van der Waals surface area contributed by atoms with E-state index in [1.54, 1.807) is 0 Å². The summed E-state index contributed by atoms with van der Waals surface area (Å²) >= 11 is 0. The first-order chi connectivity index (χ1) is 9.55. The molecule has 0 spiro atoms. The Bertz CT molecular complexity index is 438. The standard InChI is InChI=1S/C15H26N4O/c1-11(2)20-14-8-13(17-10-18-14)19-15(9-16)7-5-4-6-12(15)3/h8,10-12H,4-7,9,16H2,1-3H3,(H,17,18,19). The maximum atomic E-state index is 6.06. The molecule has 0 radical (unpaired) electrons. The van der Waals surface area contributed by atoms with Crippen molar-refractivity contribution in [3.63, 3.8) is 0 Å². The SMILES string of the molecule is CC(C)Oc1cc(NC2(CN)CCCCC2C)ncn1. The van der Waals surface area contributed by atoms with E-state index in [1.165, 1.54) is 25.6 Å². The number of ether oxygens (including phenoxy) is 1. The second-order valence-electron chi connectivity index (χ2n) is 6.04. The molecule has 2 atom stereocenters. The largest absolute Gasteiger partial charge is 0.475 e. The summed E-state index contributed by atoms with van der Waals surface area (Å²) in [5.74, 6) is 1.95. The number of aromatic nitrogens is 2. The van der Waals surface area contributed by atoms with Crippen LogP contribution in [0.1, 0.15) is 46.5 Å². The summed E-state index contributed by atoms with van der Waals surface area (Å²) in [6.45, 7) is 6.86. The molecule has 0 amide bonds. The minimum absolute atomic E-state index is 0.0539. The zero-order valence-electron chi connectivity index (χ0n) is 12.7. The molecule has 2 rings (SSSR count). The number of rotatable bonds is 5. The molecule has 0 saturated heterocycles. The van der Waals surface area contributed by atoms with Gasteiger partial charge in [-0.1, -0.05) is 19.8 Å². The molecular formula is C15H26N4O. The molecule has 3 N–H and O–H groups in total. The van der Waals surface area contributed by atoms with Crippen LogP contribution in [0.5, 0.6) is 5.88 Å². The summed E-state index contributed by atoms with van der Waals surface area (Å²) in [6.07, 6.45) is 6.46. The zero-order valence-corrected chi connectivity index (χ0v) is 12.7. The molecule has 0 aliphatic heterocycles. The van der Waals surface area contributed by atoms with Gasteiger partial charge in [0.15, 0.2) is 0 Å². The molecule has 112 valence electrons. The molecular weight excluding hydrogens is 252 g/mol.